The molecule has 0 amide bonds. The summed E-state index contributed by atoms with van der Waals surface area (Å²) in [6, 6.07) is 0. The third-order valence-electron chi connectivity index (χ3n) is 2.68. The molecule has 0 radical (unpaired) electrons. The minimum atomic E-state index is -5.61. The molecule has 4 nitrogen and oxygen atoms in total. The van der Waals surface area contributed by atoms with Crippen LogP contribution in [-0.4, -0.2) is 25.7 Å². The van der Waals surface area contributed by atoms with E-state index in [1.165, 1.54) is 30.8 Å². The second-order valence-corrected chi connectivity index (χ2v) is 4.45. The van der Waals surface area contributed by atoms with E-state index in [0.717, 1.165) is 0 Å². The molecule has 24 heavy (non-hydrogen) atoms. The first kappa shape index (κ1) is 21.6. The van der Waals surface area contributed by atoms with Crippen molar-refractivity contribution in [3.8, 4) is 0 Å². The first-order valence-corrected chi connectivity index (χ1v) is 6.85. The summed E-state index contributed by atoms with van der Waals surface area (Å²) in [4.78, 5) is 0. The maximum Gasteiger partial charge on any atom is 0.455 e. The molecule has 0 aromatic rings. The van der Waals surface area contributed by atoms with Gasteiger partial charge in [0.2, 0.25) is 0 Å². The molecule has 0 heterocycles. The monoisotopic (exact) mass is 352 g/mol. The van der Waals surface area contributed by atoms with E-state index in [4.69, 9.17) is 5.73 Å². The number of nitrogens with one attached hydrogen (secondary N) is 3. The zero-order valence-electron chi connectivity index (χ0n) is 13.1. The van der Waals surface area contributed by atoms with Crippen LogP contribution in [0.25, 0.3) is 0 Å². The molecule has 9 heteroatoms. The van der Waals surface area contributed by atoms with Crippen molar-refractivity contribution in [3.63, 3.8) is 0 Å². The van der Waals surface area contributed by atoms with E-state index in [9.17, 15) is 22.0 Å². The number of allylic oxidation sites excluding steroid dienone is 4. The van der Waals surface area contributed by atoms with Gasteiger partial charge in [-0.2, -0.15) is 22.0 Å². The molecular weight excluding hydrogens is 331 g/mol. The van der Waals surface area contributed by atoms with Gasteiger partial charge in [0.05, 0.1) is 6.54 Å². The molecule has 0 aliphatic heterocycles. The standard InChI is InChI=1S/C15H21F5N4/c1-3-23-10-8-13(7-6-12(22-2)5-4-9-21)24-11-14(16,17)15(18,19)20/h3-5,7-10,22-24H,1,6,11,21H2,2H3/b9-4-,10-8-,12-5+,13-7+. The fourth-order valence-electron chi connectivity index (χ4n) is 1.36. The highest BCUT2D eigenvalue weighted by Gasteiger charge is 2.57. The van der Waals surface area contributed by atoms with Gasteiger partial charge in [0.15, 0.2) is 0 Å². The van der Waals surface area contributed by atoms with E-state index in [2.05, 4.69) is 22.5 Å². The molecule has 0 aliphatic carbocycles. The van der Waals surface area contributed by atoms with Gasteiger partial charge < -0.3 is 21.7 Å². The molecule has 0 unspecified atom stereocenters. The van der Waals surface area contributed by atoms with Crippen molar-refractivity contribution >= 4 is 0 Å². The number of alkyl halides is 5. The highest BCUT2D eigenvalue weighted by atomic mass is 19.4. The SMILES string of the molecule is C=CN/C=C\C(=C/C/C(=C\C=C/N)NC)NCC(F)(F)C(F)(F)F. The summed E-state index contributed by atoms with van der Waals surface area (Å²) in [5.74, 6) is -4.84. The van der Waals surface area contributed by atoms with Crippen molar-refractivity contribution in [1.82, 2.24) is 16.0 Å². The fraction of sp³-hybridized carbons (Fsp3) is 0.333. The summed E-state index contributed by atoms with van der Waals surface area (Å²) in [5, 5.41) is 7.52. The van der Waals surface area contributed by atoms with Crippen LogP contribution in [0.3, 0.4) is 0 Å². The second kappa shape index (κ2) is 10.3. The quantitative estimate of drug-likeness (QED) is 0.361. The predicted molar refractivity (Wildman–Crippen MR) is 84.6 cm³/mol. The van der Waals surface area contributed by atoms with Crippen LogP contribution in [0.1, 0.15) is 6.42 Å². The fourth-order valence-corrected chi connectivity index (χ4v) is 1.36. The van der Waals surface area contributed by atoms with E-state index < -0.39 is 18.6 Å². The lowest BCUT2D eigenvalue weighted by atomic mass is 10.2. The maximum atomic E-state index is 13.0. The van der Waals surface area contributed by atoms with Gasteiger partial charge in [-0.1, -0.05) is 12.7 Å². The number of nitrogens with two attached hydrogens (primary N) is 1. The van der Waals surface area contributed by atoms with Gasteiger partial charge >= 0.3 is 12.1 Å². The van der Waals surface area contributed by atoms with Crippen LogP contribution >= 0.6 is 0 Å². The highest BCUT2D eigenvalue weighted by Crippen LogP contribution is 2.34. The van der Waals surface area contributed by atoms with Crippen molar-refractivity contribution in [2.75, 3.05) is 13.6 Å². The van der Waals surface area contributed by atoms with Gasteiger partial charge in [0.1, 0.15) is 0 Å². The summed E-state index contributed by atoms with van der Waals surface area (Å²) in [6.45, 7) is 1.82. The summed E-state index contributed by atoms with van der Waals surface area (Å²) in [6.07, 6.45) is 4.60. The number of halogens is 5. The third-order valence-corrected chi connectivity index (χ3v) is 2.68. The van der Waals surface area contributed by atoms with Crippen molar-refractivity contribution in [1.29, 1.82) is 0 Å². The van der Waals surface area contributed by atoms with Crippen molar-refractivity contribution in [3.05, 3.63) is 60.9 Å². The zero-order valence-corrected chi connectivity index (χ0v) is 13.1. The summed E-state index contributed by atoms with van der Waals surface area (Å²) in [7, 11) is 1.64. The topological polar surface area (TPSA) is 62.1 Å². The van der Waals surface area contributed by atoms with Crippen LogP contribution in [0.5, 0.6) is 0 Å². The molecule has 5 N–H and O–H groups in total. The van der Waals surface area contributed by atoms with Crippen LogP contribution in [-0.2, 0) is 0 Å². The molecule has 0 saturated carbocycles. The Morgan fingerprint density at radius 1 is 1.21 bits per heavy atom. The molecule has 0 bridgehead atoms. The zero-order chi connectivity index (χ0) is 18.6. The minimum Gasteiger partial charge on any atom is -0.405 e. The molecule has 136 valence electrons. The maximum absolute atomic E-state index is 13.0. The van der Waals surface area contributed by atoms with E-state index in [0.29, 0.717) is 5.70 Å². The van der Waals surface area contributed by atoms with Crippen LogP contribution in [0, 0.1) is 0 Å². The van der Waals surface area contributed by atoms with Gasteiger partial charge in [-0.3, -0.25) is 0 Å². The highest BCUT2D eigenvalue weighted by molar-refractivity contribution is 5.21. The molecule has 0 fully saturated rings. The Labute approximate surface area is 137 Å². The summed E-state index contributed by atoms with van der Waals surface area (Å²) >= 11 is 0. The lowest BCUT2D eigenvalue weighted by molar-refractivity contribution is -0.278. The van der Waals surface area contributed by atoms with Crippen molar-refractivity contribution < 1.29 is 22.0 Å². The summed E-state index contributed by atoms with van der Waals surface area (Å²) < 4.78 is 62.6. The molecule has 0 spiro atoms. The van der Waals surface area contributed by atoms with Crippen molar-refractivity contribution in [2.24, 2.45) is 5.73 Å². The lowest BCUT2D eigenvalue weighted by Crippen LogP contribution is -2.44. The molecule has 0 aromatic heterocycles. The Morgan fingerprint density at radius 3 is 2.38 bits per heavy atom. The Balaban J connectivity index is 5.10. The number of hydrogen-bond donors (Lipinski definition) is 4. The molecule has 0 saturated heterocycles. The van der Waals surface area contributed by atoms with E-state index in [-0.39, 0.29) is 12.1 Å². The second-order valence-electron chi connectivity index (χ2n) is 4.45. The van der Waals surface area contributed by atoms with Gasteiger partial charge in [-0.15, -0.1) is 0 Å². The lowest BCUT2D eigenvalue weighted by Gasteiger charge is -2.20. The molecular formula is C15H21F5N4. The van der Waals surface area contributed by atoms with Crippen LogP contribution in [0.2, 0.25) is 0 Å². The van der Waals surface area contributed by atoms with Crippen LogP contribution in [0.15, 0.2) is 60.9 Å². The summed E-state index contributed by atoms with van der Waals surface area (Å²) in [5.41, 5.74) is 5.98. The molecule has 0 aliphatic rings. The third kappa shape index (κ3) is 8.25. The Hall–Kier alpha value is -2.45. The Bertz CT molecular complexity index is 504. The first-order valence-electron chi connectivity index (χ1n) is 6.85. The van der Waals surface area contributed by atoms with Gasteiger partial charge in [0.25, 0.3) is 0 Å². The minimum absolute atomic E-state index is 0.0890. The molecule has 0 rings (SSSR count). The molecule has 0 atom stereocenters. The Morgan fingerprint density at radius 2 is 1.88 bits per heavy atom. The van der Waals surface area contributed by atoms with Crippen LogP contribution < -0.4 is 21.7 Å². The van der Waals surface area contributed by atoms with E-state index >= 15 is 0 Å². The smallest absolute Gasteiger partial charge is 0.405 e. The van der Waals surface area contributed by atoms with E-state index in [1.807, 2.05) is 0 Å². The van der Waals surface area contributed by atoms with Crippen LogP contribution in [0.4, 0.5) is 22.0 Å². The molecule has 0 aromatic carbocycles. The normalized spacial score (nSPS) is 14.2. The average molecular weight is 352 g/mol. The number of rotatable bonds is 10. The largest absolute Gasteiger partial charge is 0.455 e. The van der Waals surface area contributed by atoms with Crippen molar-refractivity contribution in [2.45, 2.75) is 18.5 Å². The van der Waals surface area contributed by atoms with Gasteiger partial charge in [0, 0.05) is 31.1 Å². The first-order chi connectivity index (χ1) is 11.2. The number of hydrogen-bond acceptors (Lipinski definition) is 4. The average Bonchev–Trinajstić information content (AvgIpc) is 2.51. The Kier molecular flexibility index (Phi) is 9.29. The van der Waals surface area contributed by atoms with Gasteiger partial charge in [-0.25, -0.2) is 0 Å². The van der Waals surface area contributed by atoms with E-state index in [1.54, 1.807) is 19.2 Å². The van der Waals surface area contributed by atoms with Gasteiger partial charge in [-0.05, 0) is 30.6 Å². The predicted octanol–water partition coefficient (Wildman–Crippen LogP) is 2.87.